The third-order valence-corrected chi connectivity index (χ3v) is 5.73. The van der Waals surface area contributed by atoms with Crippen molar-refractivity contribution < 1.29 is 14.4 Å². The van der Waals surface area contributed by atoms with Gasteiger partial charge in [-0.15, -0.1) is 0 Å². The van der Waals surface area contributed by atoms with Crippen molar-refractivity contribution in [2.24, 2.45) is 11.8 Å². The van der Waals surface area contributed by atoms with E-state index in [2.05, 4.69) is 10.6 Å². The summed E-state index contributed by atoms with van der Waals surface area (Å²) in [6.07, 6.45) is 0. The highest BCUT2D eigenvalue weighted by Crippen LogP contribution is 2.53. The average Bonchev–Trinajstić information content (AvgIpc) is 3.04. The highest BCUT2D eigenvalue weighted by atomic mass is 35.5. The highest BCUT2D eigenvalue weighted by Gasteiger charge is 2.70. The number of halogens is 1. The summed E-state index contributed by atoms with van der Waals surface area (Å²) < 4.78 is 0. The minimum absolute atomic E-state index is 0.220. The molecule has 3 aliphatic rings. The van der Waals surface area contributed by atoms with Crippen molar-refractivity contribution in [3.63, 3.8) is 0 Å². The van der Waals surface area contributed by atoms with Crippen molar-refractivity contribution in [2.75, 3.05) is 5.32 Å². The number of hydrogen-bond donors (Lipinski definition) is 2. The van der Waals surface area contributed by atoms with Gasteiger partial charge in [0.05, 0.1) is 11.8 Å². The van der Waals surface area contributed by atoms with Crippen LogP contribution in [0.25, 0.3) is 0 Å². The van der Waals surface area contributed by atoms with Crippen LogP contribution in [0.1, 0.15) is 33.3 Å². The molecule has 3 heterocycles. The average molecular weight is 362 g/mol. The van der Waals surface area contributed by atoms with E-state index in [0.717, 1.165) is 0 Å². The largest absolute Gasteiger partial charge is 0.324 e. The normalized spacial score (nSPS) is 33.9. The molecule has 2 N–H and O–H groups in total. The number of nitrogens with one attached hydrogen (secondary N) is 2. The molecule has 2 saturated heterocycles. The monoisotopic (exact) mass is 361 g/mol. The van der Waals surface area contributed by atoms with Crippen LogP contribution in [0.3, 0.4) is 0 Å². The molecule has 6 nitrogen and oxygen atoms in total. The van der Waals surface area contributed by atoms with Gasteiger partial charge in [0.25, 0.3) is 0 Å². The van der Waals surface area contributed by atoms with Crippen LogP contribution in [-0.4, -0.2) is 34.2 Å². The Bertz CT molecular complexity index is 831. The van der Waals surface area contributed by atoms with Crippen LogP contribution >= 0.6 is 11.6 Å². The molecule has 4 rings (SSSR count). The third kappa shape index (κ3) is 1.92. The minimum atomic E-state index is -1.25. The summed E-state index contributed by atoms with van der Waals surface area (Å²) in [6.45, 7) is 7.33. The van der Waals surface area contributed by atoms with Gasteiger partial charge >= 0.3 is 0 Å². The second-order valence-electron chi connectivity index (χ2n) is 8.07. The van der Waals surface area contributed by atoms with E-state index in [1.807, 2.05) is 27.7 Å². The fourth-order valence-electron chi connectivity index (χ4n) is 4.60. The second-order valence-corrected chi connectivity index (χ2v) is 8.51. The molecule has 25 heavy (non-hydrogen) atoms. The van der Waals surface area contributed by atoms with Crippen molar-refractivity contribution in [1.29, 1.82) is 0 Å². The predicted molar refractivity (Wildman–Crippen MR) is 92.9 cm³/mol. The summed E-state index contributed by atoms with van der Waals surface area (Å²) in [7, 11) is 0. The SMILES string of the molecule is C[C@@H]1N[C@@]2(C(=O)Nc3ccc(Cl)cc32)[C@@H]2C(=O)N(C(C)(C)C)C(=O)[C@H]12. The number of imide groups is 1. The molecule has 3 amide bonds. The van der Waals surface area contributed by atoms with Crippen LogP contribution in [0.15, 0.2) is 18.2 Å². The lowest BCUT2D eigenvalue weighted by Crippen LogP contribution is -2.55. The Morgan fingerprint density at radius 1 is 1.16 bits per heavy atom. The summed E-state index contributed by atoms with van der Waals surface area (Å²) in [5, 5.41) is 6.58. The first-order valence-corrected chi connectivity index (χ1v) is 8.74. The van der Waals surface area contributed by atoms with Crippen LogP contribution in [-0.2, 0) is 19.9 Å². The van der Waals surface area contributed by atoms with Gasteiger partial charge < -0.3 is 5.32 Å². The molecule has 1 aromatic rings. The van der Waals surface area contributed by atoms with Crippen LogP contribution in [0.4, 0.5) is 5.69 Å². The van der Waals surface area contributed by atoms with Gasteiger partial charge in [-0.25, -0.2) is 0 Å². The zero-order valence-corrected chi connectivity index (χ0v) is 15.3. The predicted octanol–water partition coefficient (Wildman–Crippen LogP) is 1.88. The number of anilines is 1. The highest BCUT2D eigenvalue weighted by molar-refractivity contribution is 6.31. The van der Waals surface area contributed by atoms with Gasteiger partial charge in [-0.2, -0.15) is 0 Å². The molecule has 0 aliphatic carbocycles. The molecular weight excluding hydrogens is 342 g/mol. The summed E-state index contributed by atoms with van der Waals surface area (Å²) >= 11 is 6.15. The summed E-state index contributed by atoms with van der Waals surface area (Å²) in [5.74, 6) is -2.16. The number of rotatable bonds is 0. The van der Waals surface area contributed by atoms with E-state index >= 15 is 0 Å². The summed E-state index contributed by atoms with van der Waals surface area (Å²) in [6, 6.07) is 4.82. The van der Waals surface area contributed by atoms with Gasteiger partial charge in [-0.3, -0.25) is 24.6 Å². The maximum absolute atomic E-state index is 13.2. The second kappa shape index (κ2) is 4.83. The number of fused-ring (bicyclic) bond motifs is 4. The molecule has 1 spiro atoms. The Morgan fingerprint density at radius 2 is 1.84 bits per heavy atom. The molecule has 2 fully saturated rings. The number of hydrogen-bond acceptors (Lipinski definition) is 4. The quantitative estimate of drug-likeness (QED) is 0.691. The molecular formula is C18H20ClN3O3. The zero-order valence-electron chi connectivity index (χ0n) is 14.5. The van der Waals surface area contributed by atoms with Gasteiger partial charge in [0.15, 0.2) is 0 Å². The Kier molecular flexibility index (Phi) is 3.19. The molecule has 0 aromatic heterocycles. The summed E-state index contributed by atoms with van der Waals surface area (Å²) in [5.41, 5.74) is -0.617. The van der Waals surface area contributed by atoms with Crippen molar-refractivity contribution in [3.05, 3.63) is 28.8 Å². The lowest BCUT2D eigenvalue weighted by Gasteiger charge is -2.34. The van der Waals surface area contributed by atoms with Gasteiger partial charge in [0.2, 0.25) is 17.7 Å². The Balaban J connectivity index is 1.92. The fourth-order valence-corrected chi connectivity index (χ4v) is 4.77. The molecule has 7 heteroatoms. The van der Waals surface area contributed by atoms with Crippen LogP contribution in [0.5, 0.6) is 0 Å². The Hall–Kier alpha value is -1.92. The Morgan fingerprint density at radius 3 is 2.48 bits per heavy atom. The van der Waals surface area contributed by atoms with E-state index in [1.54, 1.807) is 18.2 Å². The first-order chi connectivity index (χ1) is 11.6. The zero-order chi connectivity index (χ0) is 18.3. The lowest BCUT2D eigenvalue weighted by molar-refractivity contribution is -0.147. The van der Waals surface area contributed by atoms with E-state index in [1.165, 1.54) is 4.90 Å². The number of carbonyl (C=O) groups excluding carboxylic acids is 3. The van der Waals surface area contributed by atoms with Crippen molar-refractivity contribution in [1.82, 2.24) is 10.2 Å². The third-order valence-electron chi connectivity index (χ3n) is 5.50. The van der Waals surface area contributed by atoms with E-state index in [-0.39, 0.29) is 23.8 Å². The van der Waals surface area contributed by atoms with Crippen molar-refractivity contribution >= 4 is 35.0 Å². The van der Waals surface area contributed by atoms with Crippen molar-refractivity contribution in [2.45, 2.75) is 44.8 Å². The lowest BCUT2D eigenvalue weighted by atomic mass is 9.76. The van der Waals surface area contributed by atoms with Gasteiger partial charge in [0.1, 0.15) is 5.54 Å². The van der Waals surface area contributed by atoms with E-state index < -0.39 is 22.9 Å². The van der Waals surface area contributed by atoms with E-state index in [0.29, 0.717) is 16.3 Å². The molecule has 4 atom stereocenters. The van der Waals surface area contributed by atoms with Crippen LogP contribution in [0, 0.1) is 11.8 Å². The van der Waals surface area contributed by atoms with E-state index in [9.17, 15) is 14.4 Å². The van der Waals surface area contributed by atoms with Gasteiger partial charge in [-0.05, 0) is 45.9 Å². The maximum atomic E-state index is 13.2. The fraction of sp³-hybridized carbons (Fsp3) is 0.500. The van der Waals surface area contributed by atoms with Gasteiger partial charge in [-0.1, -0.05) is 11.6 Å². The first kappa shape index (κ1) is 16.5. The maximum Gasteiger partial charge on any atom is 0.250 e. The standard InChI is InChI=1S/C18H20ClN3O3/c1-8-12-13(15(24)22(14(12)23)17(2,3)4)18(21-8)10-7-9(19)5-6-11(10)20-16(18)25/h5-8,12-13,21H,1-4H3,(H,20,25)/t8-,12+,13-,18+/m0/s1. The van der Waals surface area contributed by atoms with Crippen LogP contribution < -0.4 is 10.6 Å². The molecule has 3 aliphatic heterocycles. The van der Waals surface area contributed by atoms with Gasteiger partial charge in [0, 0.05) is 27.9 Å². The number of likely N-dealkylation sites (tertiary alicyclic amines) is 1. The molecule has 0 saturated carbocycles. The molecule has 0 unspecified atom stereocenters. The molecule has 132 valence electrons. The number of carbonyl (C=O) groups is 3. The number of amides is 3. The molecule has 0 radical (unpaired) electrons. The topological polar surface area (TPSA) is 78.5 Å². The van der Waals surface area contributed by atoms with Crippen molar-refractivity contribution in [3.8, 4) is 0 Å². The summed E-state index contributed by atoms with van der Waals surface area (Å²) in [4.78, 5) is 40.5. The smallest absolute Gasteiger partial charge is 0.250 e. The Labute approximate surface area is 150 Å². The van der Waals surface area contributed by atoms with Crippen LogP contribution in [0.2, 0.25) is 5.02 Å². The molecule has 0 bridgehead atoms. The number of benzene rings is 1. The number of nitrogens with zero attached hydrogens (tertiary/aromatic N) is 1. The minimum Gasteiger partial charge on any atom is -0.324 e. The van der Waals surface area contributed by atoms with E-state index in [4.69, 9.17) is 11.6 Å². The first-order valence-electron chi connectivity index (χ1n) is 8.36. The molecule has 1 aromatic carbocycles.